The quantitative estimate of drug-likeness (QED) is 0.491. The van der Waals surface area contributed by atoms with Gasteiger partial charge in [0.25, 0.3) is 5.91 Å². The zero-order valence-corrected chi connectivity index (χ0v) is 17.2. The maximum atomic E-state index is 12.4. The minimum atomic E-state index is -3.78. The van der Waals surface area contributed by atoms with E-state index in [4.69, 9.17) is 9.47 Å². The highest BCUT2D eigenvalue weighted by atomic mass is 79.9. The molecule has 0 saturated heterocycles. The summed E-state index contributed by atoms with van der Waals surface area (Å²) in [6.07, 6.45) is 1.37. The normalized spacial score (nSPS) is 11.4. The van der Waals surface area contributed by atoms with Crippen molar-refractivity contribution in [2.45, 2.75) is 4.90 Å². The van der Waals surface area contributed by atoms with Gasteiger partial charge in [0.05, 0.1) is 30.9 Å². The van der Waals surface area contributed by atoms with Crippen LogP contribution in [-0.4, -0.2) is 41.8 Å². The molecular formula is C17H18BrN3O5S. The zero-order valence-electron chi connectivity index (χ0n) is 14.8. The summed E-state index contributed by atoms with van der Waals surface area (Å²) < 4.78 is 37.6. The van der Waals surface area contributed by atoms with Gasteiger partial charge in [0.15, 0.2) is 11.5 Å². The topological polar surface area (TPSA) is 106 Å². The summed E-state index contributed by atoms with van der Waals surface area (Å²) in [6, 6.07) is 9.30. The number of hydrogen-bond acceptors (Lipinski definition) is 6. The SMILES string of the molecule is CNS(=O)(=O)c1ccccc1C(=O)N/N=C/c1cc(Br)cc(OC)c1OC. The van der Waals surface area contributed by atoms with E-state index in [2.05, 4.69) is 31.2 Å². The largest absolute Gasteiger partial charge is 0.493 e. The van der Waals surface area contributed by atoms with Crippen LogP contribution in [0.15, 0.2) is 50.9 Å². The fraction of sp³-hybridized carbons (Fsp3) is 0.176. The van der Waals surface area contributed by atoms with Gasteiger partial charge in [-0.05, 0) is 31.3 Å². The number of nitrogens with one attached hydrogen (secondary N) is 2. The molecule has 2 aromatic carbocycles. The van der Waals surface area contributed by atoms with Crippen LogP contribution in [0.1, 0.15) is 15.9 Å². The van der Waals surface area contributed by atoms with Gasteiger partial charge < -0.3 is 9.47 Å². The minimum absolute atomic E-state index is 0.0252. The van der Waals surface area contributed by atoms with Crippen molar-refractivity contribution in [1.82, 2.24) is 10.1 Å². The van der Waals surface area contributed by atoms with Crippen molar-refractivity contribution < 1.29 is 22.7 Å². The van der Waals surface area contributed by atoms with Crippen LogP contribution in [0.25, 0.3) is 0 Å². The van der Waals surface area contributed by atoms with Gasteiger partial charge in [0, 0.05) is 10.0 Å². The second-order valence-corrected chi connectivity index (χ2v) is 7.90. The van der Waals surface area contributed by atoms with E-state index in [-0.39, 0.29) is 10.5 Å². The Labute approximate surface area is 165 Å². The van der Waals surface area contributed by atoms with E-state index in [1.54, 1.807) is 18.2 Å². The highest BCUT2D eigenvalue weighted by Crippen LogP contribution is 2.33. The fourth-order valence-electron chi connectivity index (χ4n) is 2.27. The molecule has 1 amide bonds. The Kier molecular flexibility index (Phi) is 6.94. The molecular weight excluding hydrogens is 438 g/mol. The summed E-state index contributed by atoms with van der Waals surface area (Å²) in [4.78, 5) is 12.2. The lowest BCUT2D eigenvalue weighted by Crippen LogP contribution is -2.25. The molecule has 0 bridgehead atoms. The molecule has 0 spiro atoms. The number of sulfonamides is 1. The number of hydrogen-bond donors (Lipinski definition) is 2. The number of hydrazone groups is 1. The third-order valence-electron chi connectivity index (χ3n) is 3.53. The molecule has 0 aromatic heterocycles. The number of carbonyl (C=O) groups is 1. The Bertz CT molecular complexity index is 977. The third kappa shape index (κ3) is 4.85. The number of amides is 1. The van der Waals surface area contributed by atoms with E-state index in [0.29, 0.717) is 17.1 Å². The van der Waals surface area contributed by atoms with Gasteiger partial charge in [0.1, 0.15) is 0 Å². The maximum Gasteiger partial charge on any atom is 0.272 e. The third-order valence-corrected chi connectivity index (χ3v) is 5.46. The number of methoxy groups -OCH3 is 2. The highest BCUT2D eigenvalue weighted by Gasteiger charge is 2.20. The molecule has 144 valence electrons. The summed E-state index contributed by atoms with van der Waals surface area (Å²) in [7, 11) is 0.484. The van der Waals surface area contributed by atoms with Gasteiger partial charge in [-0.15, -0.1) is 0 Å². The van der Waals surface area contributed by atoms with Crippen molar-refractivity contribution >= 4 is 38.1 Å². The van der Waals surface area contributed by atoms with E-state index >= 15 is 0 Å². The van der Waals surface area contributed by atoms with Gasteiger partial charge in [0.2, 0.25) is 10.0 Å². The van der Waals surface area contributed by atoms with Crippen LogP contribution in [0.2, 0.25) is 0 Å². The van der Waals surface area contributed by atoms with Crippen molar-refractivity contribution in [3.8, 4) is 11.5 Å². The molecule has 0 radical (unpaired) electrons. The molecule has 0 saturated carbocycles. The van der Waals surface area contributed by atoms with Gasteiger partial charge in [-0.25, -0.2) is 18.6 Å². The van der Waals surface area contributed by atoms with Gasteiger partial charge in [-0.2, -0.15) is 5.10 Å². The Morgan fingerprint density at radius 1 is 1.19 bits per heavy atom. The predicted octanol–water partition coefficient (Wildman–Crippen LogP) is 2.14. The van der Waals surface area contributed by atoms with Crippen LogP contribution < -0.4 is 19.6 Å². The maximum absolute atomic E-state index is 12.4. The number of carbonyl (C=O) groups excluding carboxylic acids is 1. The first-order valence-corrected chi connectivity index (χ1v) is 9.89. The van der Waals surface area contributed by atoms with Gasteiger partial charge in [-0.1, -0.05) is 28.1 Å². The smallest absolute Gasteiger partial charge is 0.272 e. The average Bonchev–Trinajstić information content (AvgIpc) is 2.67. The number of halogens is 1. The van der Waals surface area contributed by atoms with Crippen LogP contribution in [0.3, 0.4) is 0 Å². The standard InChI is InChI=1S/C17H18BrN3O5S/c1-19-27(23,24)15-7-5-4-6-13(15)17(22)21-20-10-11-8-12(18)9-14(25-2)16(11)26-3/h4-10,19H,1-3H3,(H,21,22)/b20-10+. The second kappa shape index (κ2) is 8.98. The summed E-state index contributed by atoms with van der Waals surface area (Å²) in [5.74, 6) is 0.267. The number of ether oxygens (including phenoxy) is 2. The summed E-state index contributed by atoms with van der Waals surface area (Å²) in [5, 5.41) is 3.90. The van der Waals surface area contributed by atoms with E-state index in [1.165, 1.54) is 45.7 Å². The minimum Gasteiger partial charge on any atom is -0.493 e. The van der Waals surface area contributed by atoms with Crippen LogP contribution in [0, 0.1) is 0 Å². The van der Waals surface area contributed by atoms with E-state index in [0.717, 1.165) is 4.47 Å². The summed E-state index contributed by atoms with van der Waals surface area (Å²) in [5.41, 5.74) is 2.85. The van der Waals surface area contributed by atoms with Crippen LogP contribution >= 0.6 is 15.9 Å². The molecule has 2 N–H and O–H groups in total. The number of benzene rings is 2. The molecule has 0 fully saturated rings. The average molecular weight is 456 g/mol. The Hall–Kier alpha value is -2.43. The summed E-state index contributed by atoms with van der Waals surface area (Å²) >= 11 is 3.36. The van der Waals surface area contributed by atoms with Gasteiger partial charge >= 0.3 is 0 Å². The molecule has 10 heteroatoms. The van der Waals surface area contributed by atoms with E-state index in [9.17, 15) is 13.2 Å². The molecule has 8 nitrogen and oxygen atoms in total. The van der Waals surface area contributed by atoms with E-state index in [1.807, 2.05) is 0 Å². The fourth-order valence-corrected chi connectivity index (χ4v) is 3.66. The van der Waals surface area contributed by atoms with Crippen molar-refractivity contribution in [2.24, 2.45) is 5.10 Å². The zero-order chi connectivity index (χ0) is 20.0. The second-order valence-electron chi connectivity index (χ2n) is 5.13. The molecule has 0 aliphatic rings. The molecule has 0 aliphatic carbocycles. The summed E-state index contributed by atoms with van der Waals surface area (Å²) in [6.45, 7) is 0. The van der Waals surface area contributed by atoms with Crippen LogP contribution in [0.5, 0.6) is 11.5 Å². The lowest BCUT2D eigenvalue weighted by molar-refractivity contribution is 0.0952. The lowest BCUT2D eigenvalue weighted by atomic mass is 10.2. The first-order chi connectivity index (χ1) is 12.8. The van der Waals surface area contributed by atoms with Crippen LogP contribution in [-0.2, 0) is 10.0 Å². The lowest BCUT2D eigenvalue weighted by Gasteiger charge is -2.11. The Morgan fingerprint density at radius 2 is 1.89 bits per heavy atom. The van der Waals surface area contributed by atoms with Crippen molar-refractivity contribution in [3.63, 3.8) is 0 Å². The van der Waals surface area contributed by atoms with Gasteiger partial charge in [-0.3, -0.25) is 4.79 Å². The first-order valence-electron chi connectivity index (χ1n) is 7.61. The van der Waals surface area contributed by atoms with Crippen molar-refractivity contribution in [3.05, 3.63) is 52.0 Å². The predicted molar refractivity (Wildman–Crippen MR) is 105 cm³/mol. The molecule has 27 heavy (non-hydrogen) atoms. The molecule has 0 heterocycles. The van der Waals surface area contributed by atoms with Crippen LogP contribution in [0.4, 0.5) is 0 Å². The molecule has 0 aliphatic heterocycles. The van der Waals surface area contributed by atoms with Crippen molar-refractivity contribution in [2.75, 3.05) is 21.3 Å². The van der Waals surface area contributed by atoms with Crippen molar-refractivity contribution in [1.29, 1.82) is 0 Å². The molecule has 2 aromatic rings. The molecule has 2 rings (SSSR count). The monoisotopic (exact) mass is 455 g/mol. The Balaban J connectivity index is 2.29. The number of rotatable bonds is 7. The van der Waals surface area contributed by atoms with E-state index < -0.39 is 15.9 Å². The Morgan fingerprint density at radius 3 is 2.52 bits per heavy atom. The molecule has 0 atom stereocenters. The first kappa shape index (κ1) is 20.9. The highest BCUT2D eigenvalue weighted by molar-refractivity contribution is 9.10. The molecule has 0 unspecified atom stereocenters. The number of nitrogens with zero attached hydrogens (tertiary/aromatic N) is 1.